The fraction of sp³-hybridized carbons (Fsp3) is 0.440. The second kappa shape index (κ2) is 8.82. The number of nitrogens with one attached hydrogen (secondary N) is 1. The van der Waals surface area contributed by atoms with Crippen molar-refractivity contribution >= 4 is 33.2 Å². The molecule has 5 rings (SSSR count). The van der Waals surface area contributed by atoms with Gasteiger partial charge in [0, 0.05) is 31.2 Å². The van der Waals surface area contributed by atoms with Crippen molar-refractivity contribution in [3.05, 3.63) is 53.6 Å². The zero-order valence-electron chi connectivity index (χ0n) is 18.6. The summed E-state index contributed by atoms with van der Waals surface area (Å²) in [4.78, 5) is 29.4. The highest BCUT2D eigenvalue weighted by molar-refractivity contribution is 7.92. The number of amides is 2. The molecule has 3 aliphatic rings. The lowest BCUT2D eigenvalue weighted by atomic mass is 10.1. The van der Waals surface area contributed by atoms with Crippen LogP contribution in [-0.2, 0) is 21.2 Å². The van der Waals surface area contributed by atoms with Crippen LogP contribution in [0.4, 0.5) is 11.4 Å². The Hall–Kier alpha value is -2.87. The van der Waals surface area contributed by atoms with Crippen molar-refractivity contribution in [3.63, 3.8) is 0 Å². The number of likely N-dealkylation sites (tertiary alicyclic amines) is 1. The molecule has 0 aromatic heterocycles. The van der Waals surface area contributed by atoms with Gasteiger partial charge in [0.1, 0.15) is 0 Å². The van der Waals surface area contributed by atoms with Crippen molar-refractivity contribution in [2.24, 2.45) is 5.92 Å². The van der Waals surface area contributed by atoms with E-state index < -0.39 is 10.0 Å². The largest absolute Gasteiger partial charge is 0.339 e. The highest BCUT2D eigenvalue weighted by atomic mass is 32.2. The van der Waals surface area contributed by atoms with Gasteiger partial charge in [-0.05, 0) is 68.0 Å². The molecule has 7 nitrogen and oxygen atoms in total. The average Bonchev–Trinajstić information content (AvgIpc) is 3.62. The van der Waals surface area contributed by atoms with Crippen LogP contribution in [0.3, 0.4) is 0 Å². The number of rotatable bonds is 5. The summed E-state index contributed by atoms with van der Waals surface area (Å²) in [6.07, 6.45) is 6.68. The van der Waals surface area contributed by atoms with E-state index in [2.05, 4.69) is 4.72 Å². The lowest BCUT2D eigenvalue weighted by molar-refractivity contribution is -0.119. The number of hydrogen-bond donors (Lipinski definition) is 1. The number of sulfonamides is 1. The van der Waals surface area contributed by atoms with E-state index in [9.17, 15) is 18.0 Å². The van der Waals surface area contributed by atoms with Gasteiger partial charge in [-0.1, -0.05) is 25.0 Å². The normalized spacial score (nSPS) is 18.5. The first kappa shape index (κ1) is 21.9. The van der Waals surface area contributed by atoms with Crippen LogP contribution < -0.4 is 9.62 Å². The number of carbonyl (C=O) groups is 2. The van der Waals surface area contributed by atoms with Crippen molar-refractivity contribution in [2.75, 3.05) is 29.3 Å². The Bertz CT molecular complexity index is 1180. The second-order valence-electron chi connectivity index (χ2n) is 9.16. The first-order valence-electron chi connectivity index (χ1n) is 11.8. The van der Waals surface area contributed by atoms with Gasteiger partial charge in [0.15, 0.2) is 0 Å². The van der Waals surface area contributed by atoms with Gasteiger partial charge in [0.05, 0.1) is 16.1 Å². The molecule has 2 aromatic carbocycles. The maximum Gasteiger partial charge on any atom is 0.261 e. The van der Waals surface area contributed by atoms with E-state index in [1.807, 2.05) is 4.90 Å². The quantitative estimate of drug-likeness (QED) is 0.725. The van der Waals surface area contributed by atoms with Crippen molar-refractivity contribution in [1.82, 2.24) is 4.90 Å². The molecule has 2 aliphatic heterocycles. The van der Waals surface area contributed by atoms with Gasteiger partial charge in [0.2, 0.25) is 5.91 Å². The first-order valence-corrected chi connectivity index (χ1v) is 13.3. The molecule has 1 aliphatic carbocycles. The summed E-state index contributed by atoms with van der Waals surface area (Å²) < 4.78 is 29.1. The molecule has 0 atom stereocenters. The lowest BCUT2D eigenvalue weighted by Gasteiger charge is -2.22. The summed E-state index contributed by atoms with van der Waals surface area (Å²) >= 11 is 0. The third kappa shape index (κ3) is 4.49. The van der Waals surface area contributed by atoms with Gasteiger partial charge in [0.25, 0.3) is 15.9 Å². The Kier molecular flexibility index (Phi) is 5.86. The van der Waals surface area contributed by atoms with Crippen LogP contribution in [0.1, 0.15) is 54.4 Å². The second-order valence-corrected chi connectivity index (χ2v) is 10.8. The Morgan fingerprint density at radius 2 is 1.64 bits per heavy atom. The molecule has 0 bridgehead atoms. The molecular weight excluding hydrogens is 438 g/mol. The van der Waals surface area contributed by atoms with Crippen LogP contribution in [0.15, 0.2) is 47.4 Å². The molecule has 0 unspecified atom stereocenters. The molecule has 2 fully saturated rings. The highest BCUT2D eigenvalue weighted by Gasteiger charge is 2.36. The molecular formula is C25H29N3O4S. The highest BCUT2D eigenvalue weighted by Crippen LogP contribution is 2.37. The van der Waals surface area contributed by atoms with E-state index in [1.54, 1.807) is 47.4 Å². The predicted octanol–water partition coefficient (Wildman–Crippen LogP) is 3.80. The smallest absolute Gasteiger partial charge is 0.261 e. The maximum atomic E-state index is 13.2. The summed E-state index contributed by atoms with van der Waals surface area (Å²) in [5.41, 5.74) is 2.33. The fourth-order valence-corrected chi connectivity index (χ4v) is 5.86. The number of hydrogen-bond acceptors (Lipinski definition) is 4. The van der Waals surface area contributed by atoms with Crippen LogP contribution in [0.2, 0.25) is 0 Å². The van der Waals surface area contributed by atoms with Gasteiger partial charge >= 0.3 is 0 Å². The van der Waals surface area contributed by atoms with Gasteiger partial charge in [-0.15, -0.1) is 0 Å². The fourth-order valence-electron chi connectivity index (χ4n) is 4.73. The number of anilines is 2. The van der Waals surface area contributed by atoms with Gasteiger partial charge in [-0.25, -0.2) is 8.42 Å². The zero-order chi connectivity index (χ0) is 23.0. The van der Waals surface area contributed by atoms with E-state index >= 15 is 0 Å². The van der Waals surface area contributed by atoms with Crippen LogP contribution in [0, 0.1) is 5.92 Å². The Morgan fingerprint density at radius 1 is 0.909 bits per heavy atom. The van der Waals surface area contributed by atoms with Crippen LogP contribution >= 0.6 is 0 Å². The van der Waals surface area contributed by atoms with Gasteiger partial charge in [-0.3, -0.25) is 14.3 Å². The summed E-state index contributed by atoms with van der Waals surface area (Å²) in [5.74, 6) is 0.126. The molecule has 8 heteroatoms. The van der Waals surface area contributed by atoms with E-state index in [0.29, 0.717) is 31.6 Å². The topological polar surface area (TPSA) is 86.8 Å². The maximum absolute atomic E-state index is 13.2. The first-order chi connectivity index (χ1) is 15.9. The number of para-hydroxylation sites is 1. The van der Waals surface area contributed by atoms with Crippen molar-refractivity contribution < 1.29 is 18.0 Å². The predicted molar refractivity (Wildman–Crippen MR) is 127 cm³/mol. The summed E-state index contributed by atoms with van der Waals surface area (Å²) in [6.45, 7) is 1.98. The minimum absolute atomic E-state index is 0.124. The van der Waals surface area contributed by atoms with E-state index in [-0.39, 0.29) is 28.3 Å². The van der Waals surface area contributed by atoms with Crippen molar-refractivity contribution in [1.29, 1.82) is 0 Å². The van der Waals surface area contributed by atoms with Crippen LogP contribution in [0.5, 0.6) is 0 Å². The van der Waals surface area contributed by atoms with Crippen molar-refractivity contribution in [2.45, 2.75) is 49.8 Å². The SMILES string of the molecule is O=C(c1ccccc1NS(=O)(=O)c1ccc2c(c1)CCN2C(=O)C1CC1)N1CCCCCC1. The number of benzene rings is 2. The van der Waals surface area contributed by atoms with E-state index in [0.717, 1.165) is 49.8 Å². The standard InChI is InChI=1S/C25H29N3O4S/c29-24(18-9-10-18)28-16-13-19-17-20(11-12-23(19)28)33(31,32)26-22-8-4-3-7-21(22)25(30)27-14-5-1-2-6-15-27/h3-4,7-8,11-12,17-18,26H,1-2,5-6,9-10,13-16H2. The minimum Gasteiger partial charge on any atom is -0.339 e. The molecule has 1 saturated heterocycles. The Labute approximate surface area is 194 Å². The molecule has 2 heterocycles. The minimum atomic E-state index is -3.89. The Morgan fingerprint density at radius 3 is 2.36 bits per heavy atom. The summed E-state index contributed by atoms with van der Waals surface area (Å²) in [6, 6.07) is 11.7. The van der Waals surface area contributed by atoms with Crippen LogP contribution in [0.25, 0.3) is 0 Å². The average molecular weight is 468 g/mol. The van der Waals surface area contributed by atoms with Gasteiger partial charge in [-0.2, -0.15) is 0 Å². The molecule has 2 amide bonds. The molecule has 0 spiro atoms. The number of carbonyl (C=O) groups excluding carboxylic acids is 2. The monoisotopic (exact) mass is 467 g/mol. The van der Waals surface area contributed by atoms with E-state index in [1.165, 1.54) is 0 Å². The van der Waals surface area contributed by atoms with Crippen molar-refractivity contribution in [3.8, 4) is 0 Å². The molecule has 1 saturated carbocycles. The van der Waals surface area contributed by atoms with Crippen LogP contribution in [-0.4, -0.2) is 44.8 Å². The van der Waals surface area contributed by atoms with Gasteiger partial charge < -0.3 is 9.80 Å². The Balaban J connectivity index is 1.38. The number of nitrogens with zero attached hydrogens (tertiary/aromatic N) is 2. The molecule has 1 N–H and O–H groups in total. The third-order valence-corrected chi connectivity index (χ3v) is 8.11. The van der Waals surface area contributed by atoms with E-state index in [4.69, 9.17) is 0 Å². The molecule has 174 valence electrons. The summed E-state index contributed by atoms with van der Waals surface area (Å²) in [5, 5.41) is 0. The number of fused-ring (bicyclic) bond motifs is 1. The summed E-state index contributed by atoms with van der Waals surface area (Å²) in [7, 11) is -3.89. The molecule has 33 heavy (non-hydrogen) atoms. The molecule has 0 radical (unpaired) electrons. The molecule has 2 aromatic rings. The third-order valence-electron chi connectivity index (χ3n) is 6.74. The zero-order valence-corrected chi connectivity index (χ0v) is 19.4. The lowest BCUT2D eigenvalue weighted by Crippen LogP contribution is -2.32.